The molecule has 1 aromatic carbocycles. The lowest BCUT2D eigenvalue weighted by molar-refractivity contribution is -0.123. The van der Waals surface area contributed by atoms with Crippen molar-refractivity contribution < 1.29 is 9.59 Å². The molecule has 105 valence electrons. The molecule has 3 rings (SSSR count). The topological polar surface area (TPSA) is 76.3 Å². The second kappa shape index (κ2) is 5.36. The van der Waals surface area contributed by atoms with Crippen LogP contribution in [-0.4, -0.2) is 28.2 Å². The monoisotopic (exact) mass is 280 g/mol. The zero-order chi connectivity index (χ0) is 14.8. The molecule has 1 aliphatic heterocycles. The van der Waals surface area contributed by atoms with Gasteiger partial charge in [0.05, 0.1) is 0 Å². The fourth-order valence-corrected chi connectivity index (χ4v) is 2.66. The van der Waals surface area contributed by atoms with Crippen molar-refractivity contribution in [3.05, 3.63) is 65.5 Å². The molecule has 1 aliphatic rings. The van der Waals surface area contributed by atoms with Crippen LogP contribution in [0.5, 0.6) is 0 Å². The summed E-state index contributed by atoms with van der Waals surface area (Å²) in [5, 5.41) is 0. The number of hydrogen-bond donors (Lipinski definition) is 1. The van der Waals surface area contributed by atoms with Crippen LogP contribution in [0.2, 0.25) is 0 Å². The van der Waals surface area contributed by atoms with Gasteiger partial charge in [-0.1, -0.05) is 24.3 Å². The van der Waals surface area contributed by atoms with Crippen molar-refractivity contribution in [2.75, 3.05) is 6.54 Å². The summed E-state index contributed by atoms with van der Waals surface area (Å²) in [5.41, 5.74) is 7.62. The van der Waals surface area contributed by atoms with Gasteiger partial charge in [0.2, 0.25) is 5.91 Å². The van der Waals surface area contributed by atoms with Crippen LogP contribution >= 0.6 is 0 Å². The maximum absolute atomic E-state index is 12.6. The van der Waals surface area contributed by atoms with E-state index in [9.17, 15) is 9.59 Å². The number of nitrogens with two attached hydrogens (primary N) is 1. The van der Waals surface area contributed by atoms with Crippen LogP contribution in [0, 0.1) is 6.07 Å². The van der Waals surface area contributed by atoms with Gasteiger partial charge in [0.15, 0.2) is 0 Å². The number of nitrogens with zero attached hydrogens (tertiary/aromatic N) is 2. The third kappa shape index (κ3) is 2.38. The second-order valence-electron chi connectivity index (χ2n) is 4.89. The van der Waals surface area contributed by atoms with Crippen LogP contribution in [0.4, 0.5) is 0 Å². The van der Waals surface area contributed by atoms with Gasteiger partial charge in [-0.15, -0.1) is 0 Å². The van der Waals surface area contributed by atoms with E-state index < -0.39 is 11.9 Å². The lowest BCUT2D eigenvalue weighted by Crippen LogP contribution is -2.46. The molecule has 1 aromatic heterocycles. The minimum absolute atomic E-state index is 0.280. The third-order valence-corrected chi connectivity index (χ3v) is 3.63. The quantitative estimate of drug-likeness (QED) is 0.895. The van der Waals surface area contributed by atoms with Gasteiger partial charge >= 0.3 is 0 Å². The molecule has 2 heterocycles. The zero-order valence-corrected chi connectivity index (χ0v) is 11.3. The number of aromatic nitrogens is 1. The van der Waals surface area contributed by atoms with Crippen LogP contribution in [0.25, 0.3) is 0 Å². The smallest absolute Gasteiger partial charge is 0.273 e. The van der Waals surface area contributed by atoms with Gasteiger partial charge in [-0.05, 0) is 35.7 Å². The van der Waals surface area contributed by atoms with Gasteiger partial charge < -0.3 is 10.6 Å². The highest BCUT2D eigenvalue weighted by molar-refractivity contribution is 5.96. The van der Waals surface area contributed by atoms with E-state index in [1.807, 2.05) is 6.07 Å². The number of carbonyl (C=O) groups is 2. The summed E-state index contributed by atoms with van der Waals surface area (Å²) in [4.78, 5) is 30.0. The Morgan fingerprint density at radius 1 is 1.33 bits per heavy atom. The highest BCUT2D eigenvalue weighted by Gasteiger charge is 2.35. The molecular formula is C16H14N3O2. The molecule has 5 nitrogen and oxygen atoms in total. The van der Waals surface area contributed by atoms with Crippen molar-refractivity contribution in [1.82, 2.24) is 9.88 Å². The fourth-order valence-electron chi connectivity index (χ4n) is 2.66. The number of primary amides is 1. The summed E-state index contributed by atoms with van der Waals surface area (Å²) >= 11 is 0. The van der Waals surface area contributed by atoms with E-state index in [1.54, 1.807) is 36.5 Å². The standard InChI is InChI=1S/C16H14N3O2/c17-15(20)14-12-6-2-1-5-11(12)8-10-19(14)16(21)13-7-3-4-9-18-13/h2-7,9,14H,8,10H2,(H2,17,20). The number of carbonyl (C=O) groups excluding carboxylic acids is 2. The summed E-state index contributed by atoms with van der Waals surface area (Å²) in [5.74, 6) is -0.815. The summed E-state index contributed by atoms with van der Waals surface area (Å²) in [6, 6.07) is 12.7. The lowest BCUT2D eigenvalue weighted by Gasteiger charge is -2.35. The van der Waals surface area contributed by atoms with Crippen molar-refractivity contribution in [2.45, 2.75) is 12.5 Å². The van der Waals surface area contributed by atoms with Gasteiger partial charge in [-0.3, -0.25) is 14.6 Å². The Hall–Kier alpha value is -2.69. The average molecular weight is 280 g/mol. The number of rotatable bonds is 2. The minimum Gasteiger partial charge on any atom is -0.368 e. The first kappa shape index (κ1) is 13.3. The predicted molar refractivity (Wildman–Crippen MR) is 76.2 cm³/mol. The highest BCUT2D eigenvalue weighted by Crippen LogP contribution is 2.30. The molecule has 1 radical (unpaired) electrons. The predicted octanol–water partition coefficient (Wildman–Crippen LogP) is 1.11. The van der Waals surface area contributed by atoms with Crippen LogP contribution < -0.4 is 5.73 Å². The lowest BCUT2D eigenvalue weighted by atomic mass is 9.92. The van der Waals surface area contributed by atoms with E-state index in [4.69, 9.17) is 5.73 Å². The van der Waals surface area contributed by atoms with Gasteiger partial charge in [0.25, 0.3) is 5.91 Å². The Morgan fingerprint density at radius 3 is 2.90 bits per heavy atom. The van der Waals surface area contributed by atoms with E-state index in [1.165, 1.54) is 4.90 Å². The molecule has 0 aliphatic carbocycles. The van der Waals surface area contributed by atoms with E-state index in [2.05, 4.69) is 11.1 Å². The Labute approximate surface area is 122 Å². The van der Waals surface area contributed by atoms with Crippen LogP contribution in [0.1, 0.15) is 27.7 Å². The molecule has 0 saturated carbocycles. The van der Waals surface area contributed by atoms with Crippen LogP contribution in [-0.2, 0) is 11.2 Å². The van der Waals surface area contributed by atoms with Crippen molar-refractivity contribution in [3.8, 4) is 0 Å². The molecular weight excluding hydrogens is 266 g/mol. The molecule has 1 atom stereocenters. The summed E-state index contributed by atoms with van der Waals surface area (Å²) in [7, 11) is 0. The Bertz CT molecular complexity index is 685. The highest BCUT2D eigenvalue weighted by atomic mass is 16.2. The van der Waals surface area contributed by atoms with Crippen molar-refractivity contribution in [2.24, 2.45) is 5.73 Å². The molecule has 0 saturated heterocycles. The van der Waals surface area contributed by atoms with E-state index in [0.717, 1.165) is 11.1 Å². The molecule has 0 bridgehead atoms. The SMILES string of the molecule is NC(=O)C1c2cc[c]cc2CCN1C(=O)c1ccccn1. The molecule has 2 aromatic rings. The van der Waals surface area contributed by atoms with Gasteiger partial charge in [-0.2, -0.15) is 0 Å². The number of benzene rings is 1. The van der Waals surface area contributed by atoms with Crippen molar-refractivity contribution in [1.29, 1.82) is 0 Å². The molecule has 0 spiro atoms. The number of pyridine rings is 1. The summed E-state index contributed by atoms with van der Waals surface area (Å²) in [6.45, 7) is 0.438. The minimum atomic E-state index is -0.752. The molecule has 2 amide bonds. The first-order valence-corrected chi connectivity index (χ1v) is 6.68. The third-order valence-electron chi connectivity index (χ3n) is 3.63. The van der Waals surface area contributed by atoms with E-state index >= 15 is 0 Å². The molecule has 1 unspecified atom stereocenters. The van der Waals surface area contributed by atoms with Gasteiger partial charge in [0, 0.05) is 12.7 Å². The van der Waals surface area contributed by atoms with Crippen molar-refractivity contribution >= 4 is 11.8 Å². The first-order chi connectivity index (χ1) is 10.2. The van der Waals surface area contributed by atoms with Crippen LogP contribution in [0.15, 0.2) is 42.6 Å². The normalized spacial score (nSPS) is 17.1. The van der Waals surface area contributed by atoms with Crippen LogP contribution in [0.3, 0.4) is 0 Å². The van der Waals surface area contributed by atoms with Crippen molar-refractivity contribution in [3.63, 3.8) is 0 Å². The fraction of sp³-hybridized carbons (Fsp3) is 0.188. The maximum atomic E-state index is 12.6. The Kier molecular flexibility index (Phi) is 3.39. The molecule has 0 fully saturated rings. The molecule has 2 N–H and O–H groups in total. The van der Waals surface area contributed by atoms with Gasteiger partial charge in [-0.25, -0.2) is 0 Å². The maximum Gasteiger partial charge on any atom is 0.273 e. The second-order valence-corrected chi connectivity index (χ2v) is 4.89. The molecule has 21 heavy (non-hydrogen) atoms. The Morgan fingerprint density at radius 2 is 2.19 bits per heavy atom. The number of hydrogen-bond acceptors (Lipinski definition) is 3. The number of amides is 2. The zero-order valence-electron chi connectivity index (χ0n) is 11.3. The summed E-state index contributed by atoms with van der Waals surface area (Å²) in [6.07, 6.45) is 2.23. The Balaban J connectivity index is 2.00. The largest absolute Gasteiger partial charge is 0.368 e. The van der Waals surface area contributed by atoms with E-state index in [0.29, 0.717) is 18.7 Å². The summed E-state index contributed by atoms with van der Waals surface area (Å²) < 4.78 is 0. The average Bonchev–Trinajstić information content (AvgIpc) is 2.53. The van der Waals surface area contributed by atoms with Gasteiger partial charge in [0.1, 0.15) is 11.7 Å². The number of fused-ring (bicyclic) bond motifs is 1. The first-order valence-electron chi connectivity index (χ1n) is 6.68. The molecule has 5 heteroatoms. The van der Waals surface area contributed by atoms with E-state index in [-0.39, 0.29) is 5.91 Å².